The quantitative estimate of drug-likeness (QED) is 0.812. The van der Waals surface area contributed by atoms with Crippen LogP contribution < -0.4 is 8.92 Å². The Balaban J connectivity index is 2.37. The Hall–Kier alpha value is -2.04. The fraction of sp³-hybridized carbons (Fsp3) is 0.154. The van der Waals surface area contributed by atoms with Crippen molar-refractivity contribution in [3.05, 3.63) is 40.8 Å². The molecule has 0 N–H and O–H groups in total. The number of aryl methyl sites for hydroxylation is 1. The molecule has 0 unspecified atom stereocenters. The van der Waals surface area contributed by atoms with Crippen molar-refractivity contribution in [1.29, 1.82) is 5.26 Å². The van der Waals surface area contributed by atoms with Crippen LogP contribution in [0.2, 0.25) is 0 Å². The number of nitrogens with zero attached hydrogens (tertiary/aromatic N) is 1. The second kappa shape index (κ2) is 5.53. The molecule has 0 spiro atoms. The summed E-state index contributed by atoms with van der Waals surface area (Å²) in [7, 11) is -2.51. The van der Waals surface area contributed by atoms with Gasteiger partial charge in [0.05, 0.1) is 18.7 Å². The molecule has 1 aromatic heterocycles. The number of hydrogen-bond donors (Lipinski definition) is 0. The normalized spacial score (nSPS) is 10.8. The van der Waals surface area contributed by atoms with Gasteiger partial charge in [-0.25, -0.2) is 0 Å². The van der Waals surface area contributed by atoms with Crippen molar-refractivity contribution >= 4 is 21.5 Å². The van der Waals surface area contributed by atoms with E-state index in [1.54, 1.807) is 6.07 Å². The Labute approximate surface area is 121 Å². The maximum absolute atomic E-state index is 12.1. The van der Waals surface area contributed by atoms with Gasteiger partial charge in [0.1, 0.15) is 0 Å². The van der Waals surface area contributed by atoms with Gasteiger partial charge in [-0.15, -0.1) is 11.3 Å². The number of benzene rings is 1. The van der Waals surface area contributed by atoms with Crippen molar-refractivity contribution in [2.24, 2.45) is 0 Å². The molecular weight excluding hydrogens is 298 g/mol. The monoisotopic (exact) mass is 309 g/mol. The van der Waals surface area contributed by atoms with E-state index >= 15 is 0 Å². The number of hydrogen-bond acceptors (Lipinski definition) is 6. The standard InChI is InChI=1S/C13H11NO4S2/c1-9-3-6-13(19-9)20(15,16)18-11-5-4-10(8-14)7-12(11)17-2/h3-7H,1-2H3. The summed E-state index contributed by atoms with van der Waals surface area (Å²) >= 11 is 1.13. The van der Waals surface area contributed by atoms with Gasteiger partial charge >= 0.3 is 10.1 Å². The highest BCUT2D eigenvalue weighted by molar-refractivity contribution is 7.89. The van der Waals surface area contributed by atoms with Gasteiger partial charge in [0.2, 0.25) is 0 Å². The molecule has 1 aromatic carbocycles. The zero-order valence-electron chi connectivity index (χ0n) is 10.8. The lowest BCUT2D eigenvalue weighted by atomic mass is 10.2. The molecule has 0 aliphatic rings. The second-order valence-electron chi connectivity index (χ2n) is 3.88. The van der Waals surface area contributed by atoms with E-state index in [0.29, 0.717) is 5.56 Å². The average molecular weight is 309 g/mol. The molecule has 0 saturated carbocycles. The Morgan fingerprint density at radius 3 is 2.50 bits per heavy atom. The van der Waals surface area contributed by atoms with Gasteiger partial charge in [-0.05, 0) is 31.2 Å². The van der Waals surface area contributed by atoms with Crippen molar-refractivity contribution in [2.45, 2.75) is 11.1 Å². The number of thiophene rings is 1. The highest BCUT2D eigenvalue weighted by atomic mass is 32.3. The Morgan fingerprint density at radius 2 is 1.95 bits per heavy atom. The van der Waals surface area contributed by atoms with Crippen LogP contribution in [-0.2, 0) is 10.1 Å². The molecule has 5 nitrogen and oxygen atoms in total. The smallest absolute Gasteiger partial charge is 0.348 e. The van der Waals surface area contributed by atoms with E-state index < -0.39 is 10.1 Å². The second-order valence-corrected chi connectivity index (χ2v) is 6.94. The number of rotatable bonds is 4. The molecule has 0 aliphatic heterocycles. The van der Waals surface area contributed by atoms with Crippen molar-refractivity contribution in [1.82, 2.24) is 0 Å². The van der Waals surface area contributed by atoms with Gasteiger partial charge < -0.3 is 8.92 Å². The summed E-state index contributed by atoms with van der Waals surface area (Å²) in [5.74, 6) is 0.249. The molecular formula is C13H11NO4S2. The van der Waals surface area contributed by atoms with E-state index in [9.17, 15) is 8.42 Å². The lowest BCUT2D eigenvalue weighted by molar-refractivity contribution is 0.390. The maximum Gasteiger partial charge on any atom is 0.348 e. The number of ether oxygens (including phenoxy) is 1. The van der Waals surface area contributed by atoms with Crippen LogP contribution >= 0.6 is 11.3 Å². The largest absolute Gasteiger partial charge is 0.493 e. The lowest BCUT2D eigenvalue weighted by Crippen LogP contribution is -2.08. The lowest BCUT2D eigenvalue weighted by Gasteiger charge is -2.09. The molecule has 2 rings (SSSR count). The highest BCUT2D eigenvalue weighted by Crippen LogP contribution is 2.32. The molecule has 0 aliphatic carbocycles. The summed E-state index contributed by atoms with van der Waals surface area (Å²) in [6.45, 7) is 1.81. The molecule has 0 atom stereocenters. The molecule has 20 heavy (non-hydrogen) atoms. The zero-order valence-corrected chi connectivity index (χ0v) is 12.4. The molecule has 0 fully saturated rings. The molecule has 7 heteroatoms. The molecule has 2 aromatic rings. The van der Waals surface area contributed by atoms with Gasteiger partial charge in [0.25, 0.3) is 0 Å². The molecule has 0 amide bonds. The van der Waals surface area contributed by atoms with Gasteiger partial charge in [-0.1, -0.05) is 0 Å². The summed E-state index contributed by atoms with van der Waals surface area (Å²) < 4.78 is 34.4. The van der Waals surface area contributed by atoms with Crippen LogP contribution in [-0.4, -0.2) is 15.5 Å². The zero-order chi connectivity index (χ0) is 14.8. The van der Waals surface area contributed by atoms with E-state index in [1.165, 1.54) is 31.4 Å². The van der Waals surface area contributed by atoms with Crippen LogP contribution in [0.25, 0.3) is 0 Å². The van der Waals surface area contributed by atoms with Crippen LogP contribution in [0.1, 0.15) is 10.4 Å². The first-order valence-corrected chi connectivity index (χ1v) is 7.78. The minimum Gasteiger partial charge on any atom is -0.493 e. The molecule has 0 radical (unpaired) electrons. The van der Waals surface area contributed by atoms with Crippen molar-refractivity contribution in [3.63, 3.8) is 0 Å². The van der Waals surface area contributed by atoms with Crippen LogP contribution in [0.3, 0.4) is 0 Å². The van der Waals surface area contributed by atoms with Crippen LogP contribution in [0, 0.1) is 18.3 Å². The average Bonchev–Trinajstić information content (AvgIpc) is 2.86. The summed E-state index contributed by atoms with van der Waals surface area (Å²) in [5, 5.41) is 8.80. The first-order valence-electron chi connectivity index (χ1n) is 5.55. The summed E-state index contributed by atoms with van der Waals surface area (Å²) in [4.78, 5) is 0.874. The van der Waals surface area contributed by atoms with Gasteiger partial charge in [0, 0.05) is 10.9 Å². The molecule has 0 bridgehead atoms. The highest BCUT2D eigenvalue weighted by Gasteiger charge is 2.21. The van der Waals surface area contributed by atoms with Gasteiger partial charge in [0.15, 0.2) is 15.7 Å². The van der Waals surface area contributed by atoms with Gasteiger partial charge in [-0.2, -0.15) is 13.7 Å². The van der Waals surface area contributed by atoms with Crippen LogP contribution in [0.4, 0.5) is 0 Å². The first-order chi connectivity index (χ1) is 9.46. The predicted molar refractivity (Wildman–Crippen MR) is 74.6 cm³/mol. The third-order valence-electron chi connectivity index (χ3n) is 2.45. The third kappa shape index (κ3) is 2.92. The third-order valence-corrected chi connectivity index (χ3v) is 5.14. The summed E-state index contributed by atoms with van der Waals surface area (Å²) in [6.07, 6.45) is 0. The molecule has 104 valence electrons. The minimum atomic E-state index is -3.89. The van der Waals surface area contributed by atoms with Gasteiger partial charge in [-0.3, -0.25) is 0 Å². The molecule has 1 heterocycles. The number of nitriles is 1. The first kappa shape index (κ1) is 14.4. The summed E-state index contributed by atoms with van der Waals surface area (Å²) in [5.41, 5.74) is 0.360. The van der Waals surface area contributed by atoms with Crippen molar-refractivity contribution in [2.75, 3.05) is 7.11 Å². The van der Waals surface area contributed by atoms with Crippen LogP contribution in [0.5, 0.6) is 11.5 Å². The topological polar surface area (TPSA) is 76.4 Å². The fourth-order valence-corrected chi connectivity index (χ4v) is 3.70. The summed E-state index contributed by atoms with van der Waals surface area (Å²) in [6, 6.07) is 9.43. The van der Waals surface area contributed by atoms with Crippen molar-refractivity contribution < 1.29 is 17.3 Å². The fourth-order valence-electron chi connectivity index (χ4n) is 1.51. The van der Waals surface area contributed by atoms with E-state index in [1.807, 2.05) is 13.0 Å². The van der Waals surface area contributed by atoms with E-state index in [4.69, 9.17) is 14.2 Å². The SMILES string of the molecule is COc1cc(C#N)ccc1OS(=O)(=O)c1ccc(C)s1. The Bertz CT molecular complexity index is 772. The minimum absolute atomic E-state index is 0.0533. The number of methoxy groups -OCH3 is 1. The van der Waals surface area contributed by atoms with Crippen LogP contribution in [0.15, 0.2) is 34.5 Å². The Morgan fingerprint density at radius 1 is 1.20 bits per heavy atom. The van der Waals surface area contributed by atoms with E-state index in [0.717, 1.165) is 16.2 Å². The predicted octanol–water partition coefficient (Wildman–Crippen LogP) is 2.70. The molecule has 0 saturated heterocycles. The van der Waals surface area contributed by atoms with E-state index in [2.05, 4.69) is 0 Å². The maximum atomic E-state index is 12.1. The van der Waals surface area contributed by atoms with E-state index in [-0.39, 0.29) is 15.7 Å². The Kier molecular flexibility index (Phi) is 3.97. The van der Waals surface area contributed by atoms with Crippen molar-refractivity contribution in [3.8, 4) is 17.6 Å².